The van der Waals surface area contributed by atoms with Gasteiger partial charge in [0.15, 0.2) is 0 Å². The van der Waals surface area contributed by atoms with Crippen LogP contribution in [0.4, 0.5) is 9.59 Å². The van der Waals surface area contributed by atoms with Crippen molar-refractivity contribution in [2.45, 2.75) is 105 Å². The maximum Gasteiger partial charge on any atom is 0.407 e. The van der Waals surface area contributed by atoms with Gasteiger partial charge >= 0.3 is 12.2 Å². The molecule has 55 heavy (non-hydrogen) atoms. The van der Waals surface area contributed by atoms with Gasteiger partial charge in [0.2, 0.25) is 5.91 Å². The number of methoxy groups -OCH3 is 1. The lowest BCUT2D eigenvalue weighted by molar-refractivity contribution is -0.139. The summed E-state index contributed by atoms with van der Waals surface area (Å²) in [6.45, 7) is 14.9. The number of hydrogen-bond acceptors (Lipinski definition) is 8. The van der Waals surface area contributed by atoms with Crippen molar-refractivity contribution in [3.05, 3.63) is 96.1 Å². The van der Waals surface area contributed by atoms with Crippen LogP contribution in [0.5, 0.6) is 0 Å². The van der Waals surface area contributed by atoms with Gasteiger partial charge in [0.1, 0.15) is 11.6 Å². The molecule has 0 heterocycles. The van der Waals surface area contributed by atoms with E-state index in [1.165, 1.54) is 7.11 Å². The van der Waals surface area contributed by atoms with Crippen molar-refractivity contribution in [1.82, 2.24) is 26.4 Å². The summed E-state index contributed by atoms with van der Waals surface area (Å²) in [6.07, 6.45) is -1.69. The lowest BCUT2D eigenvalue weighted by Crippen LogP contribution is -2.64. The maximum absolute atomic E-state index is 13.9. The second-order valence-electron chi connectivity index (χ2n) is 17.0. The number of hydrogen-bond donors (Lipinski definition) is 5. The predicted octanol–water partition coefficient (Wildman–Crippen LogP) is 5.99. The lowest BCUT2D eigenvalue weighted by Gasteiger charge is -2.51. The smallest absolute Gasteiger partial charge is 0.407 e. The largest absolute Gasteiger partial charge is 0.453 e. The van der Waals surface area contributed by atoms with E-state index in [-0.39, 0.29) is 25.0 Å². The van der Waals surface area contributed by atoms with E-state index in [1.807, 2.05) is 120 Å². The summed E-state index contributed by atoms with van der Waals surface area (Å²) >= 11 is 0. The van der Waals surface area contributed by atoms with Gasteiger partial charge in [-0.15, -0.1) is 0 Å². The van der Waals surface area contributed by atoms with Crippen molar-refractivity contribution in [2.75, 3.05) is 13.7 Å². The second-order valence-corrected chi connectivity index (χ2v) is 17.0. The van der Waals surface area contributed by atoms with Crippen LogP contribution < -0.4 is 21.4 Å². The molecule has 0 bridgehead atoms. The molecule has 12 nitrogen and oxygen atoms in total. The number of ether oxygens (including phenoxy) is 2. The van der Waals surface area contributed by atoms with E-state index >= 15 is 0 Å². The molecule has 1 aliphatic rings. The molecule has 1 saturated carbocycles. The van der Waals surface area contributed by atoms with E-state index in [0.29, 0.717) is 12.8 Å². The van der Waals surface area contributed by atoms with Crippen LogP contribution in [-0.2, 0) is 32.0 Å². The van der Waals surface area contributed by atoms with E-state index in [1.54, 1.807) is 25.8 Å². The highest BCUT2D eigenvalue weighted by Crippen LogP contribution is 2.46. The van der Waals surface area contributed by atoms with Crippen LogP contribution in [0, 0.1) is 16.7 Å². The van der Waals surface area contributed by atoms with Crippen LogP contribution in [0.3, 0.4) is 0 Å². The Labute approximate surface area is 325 Å². The van der Waals surface area contributed by atoms with Gasteiger partial charge < -0.3 is 30.5 Å². The quantitative estimate of drug-likeness (QED) is 0.126. The molecule has 0 aromatic heterocycles. The maximum atomic E-state index is 13.9. The van der Waals surface area contributed by atoms with Crippen LogP contribution in [-0.4, -0.2) is 77.6 Å². The van der Waals surface area contributed by atoms with Crippen molar-refractivity contribution in [3.8, 4) is 11.1 Å². The Hall–Kier alpha value is -4.94. The molecule has 5 N–H and O–H groups in total. The summed E-state index contributed by atoms with van der Waals surface area (Å²) < 4.78 is 10.2. The van der Waals surface area contributed by atoms with Crippen molar-refractivity contribution in [1.29, 1.82) is 0 Å². The third kappa shape index (κ3) is 12.3. The number of benzene rings is 3. The van der Waals surface area contributed by atoms with Crippen LogP contribution in [0.2, 0.25) is 0 Å². The second kappa shape index (κ2) is 18.1. The fraction of sp³-hybridized carbons (Fsp3) is 0.488. The van der Waals surface area contributed by atoms with Crippen LogP contribution in [0.25, 0.3) is 11.1 Å². The Bertz CT molecular complexity index is 1740. The minimum atomic E-state index is -1.14. The molecular formula is C43H59N5O7. The minimum Gasteiger partial charge on any atom is -0.453 e. The number of rotatable bonds is 14. The van der Waals surface area contributed by atoms with Crippen molar-refractivity contribution in [3.63, 3.8) is 0 Å². The molecule has 4 rings (SSSR count). The summed E-state index contributed by atoms with van der Waals surface area (Å²) in [5, 5.41) is 22.2. The van der Waals surface area contributed by atoms with Gasteiger partial charge in [-0.25, -0.2) is 14.6 Å². The van der Waals surface area contributed by atoms with Crippen LogP contribution in [0.15, 0.2) is 84.9 Å². The summed E-state index contributed by atoms with van der Waals surface area (Å²) in [5.41, 5.74) is 4.90. The molecule has 1 aliphatic carbocycles. The zero-order valence-electron chi connectivity index (χ0n) is 33.6. The molecule has 5 atom stereocenters. The van der Waals surface area contributed by atoms with E-state index in [2.05, 4.69) is 21.4 Å². The fourth-order valence-electron chi connectivity index (χ4n) is 6.73. The topological polar surface area (TPSA) is 158 Å². The highest BCUT2D eigenvalue weighted by molar-refractivity contribution is 5.86. The fourth-order valence-corrected chi connectivity index (χ4v) is 6.73. The normalized spacial score (nSPS) is 18.2. The Morgan fingerprint density at radius 1 is 0.818 bits per heavy atom. The number of aliphatic hydroxyl groups excluding tert-OH is 1. The van der Waals surface area contributed by atoms with Gasteiger partial charge in [0.25, 0.3) is 5.91 Å². The minimum absolute atomic E-state index is 0.0596. The van der Waals surface area contributed by atoms with Gasteiger partial charge in [0.05, 0.1) is 19.3 Å². The molecule has 0 spiro atoms. The zero-order valence-corrected chi connectivity index (χ0v) is 33.6. The number of nitrogens with zero attached hydrogens (tertiary/aromatic N) is 1. The van der Waals surface area contributed by atoms with Gasteiger partial charge in [-0.1, -0.05) is 120 Å². The Morgan fingerprint density at radius 2 is 1.40 bits per heavy atom. The number of carbonyl (C=O) groups is 4. The van der Waals surface area contributed by atoms with E-state index in [4.69, 9.17) is 9.47 Å². The summed E-state index contributed by atoms with van der Waals surface area (Å²) in [5.74, 6) is -1.17. The first kappa shape index (κ1) is 42.8. The molecule has 12 heteroatoms. The van der Waals surface area contributed by atoms with Gasteiger partial charge in [-0.3, -0.25) is 15.0 Å². The molecule has 0 saturated heterocycles. The van der Waals surface area contributed by atoms with E-state index in [9.17, 15) is 24.3 Å². The van der Waals surface area contributed by atoms with E-state index < -0.39 is 58.6 Å². The Balaban J connectivity index is 1.57. The van der Waals surface area contributed by atoms with Crippen molar-refractivity contribution in [2.24, 2.45) is 16.7 Å². The van der Waals surface area contributed by atoms with Gasteiger partial charge in [0, 0.05) is 25.0 Å². The van der Waals surface area contributed by atoms with Gasteiger partial charge in [-0.05, 0) is 66.7 Å². The molecular weight excluding hydrogens is 699 g/mol. The number of alkyl carbamates (subject to hydrolysis) is 2. The average molecular weight is 758 g/mol. The molecule has 3 aromatic rings. The zero-order chi connectivity index (χ0) is 40.6. The lowest BCUT2D eigenvalue weighted by atomic mass is 9.58. The molecule has 1 fully saturated rings. The highest BCUT2D eigenvalue weighted by atomic mass is 16.6. The molecule has 0 aliphatic heterocycles. The van der Waals surface area contributed by atoms with Crippen LogP contribution >= 0.6 is 0 Å². The first-order chi connectivity index (χ1) is 25.8. The average Bonchev–Trinajstić information content (AvgIpc) is 3.11. The summed E-state index contributed by atoms with van der Waals surface area (Å²) in [7, 11) is 1.23. The molecule has 4 amide bonds. The van der Waals surface area contributed by atoms with Crippen molar-refractivity contribution >= 4 is 24.0 Å². The third-order valence-electron chi connectivity index (χ3n) is 10.1. The molecule has 0 radical (unpaired) electrons. The number of amides is 4. The number of hydrazine groups is 1. The summed E-state index contributed by atoms with van der Waals surface area (Å²) in [6, 6.07) is 25.5. The van der Waals surface area contributed by atoms with E-state index in [0.717, 1.165) is 22.3 Å². The van der Waals surface area contributed by atoms with Gasteiger partial charge in [-0.2, -0.15) is 0 Å². The number of aliphatic hydroxyl groups is 1. The number of nitrogens with one attached hydrogen (secondary N) is 4. The van der Waals surface area contributed by atoms with Crippen molar-refractivity contribution < 1.29 is 33.8 Å². The number of carbonyl (C=O) groups excluding carboxylic acids is 4. The first-order valence-electron chi connectivity index (χ1n) is 18.8. The molecule has 3 aromatic carbocycles. The third-order valence-corrected chi connectivity index (χ3v) is 10.1. The first-order valence-corrected chi connectivity index (χ1v) is 18.8. The predicted molar refractivity (Wildman–Crippen MR) is 212 cm³/mol. The highest BCUT2D eigenvalue weighted by Gasteiger charge is 2.53. The molecule has 298 valence electrons. The monoisotopic (exact) mass is 757 g/mol. The summed E-state index contributed by atoms with van der Waals surface area (Å²) in [4.78, 5) is 52.6. The standard InChI is InChI=1S/C43H59N5O7/c1-41(2,3)36(46-39(52)54-9)38(51)47-48(26-29-20-22-31(23-21-29)30-18-14-11-15-19-30)27-34(49)33(24-28-16-12-10-13-17-28)44-37(50)32-25-35(43(32,7)8)45-40(53)55-42(4,5)6/h10-23,32-36,49H,24-27H2,1-9H3,(H,44,50)(H,45,53)(H,46,52)(H,47,51). The Morgan fingerprint density at radius 3 is 1.95 bits per heavy atom. The Kier molecular flexibility index (Phi) is 14.1. The van der Waals surface area contributed by atoms with Crippen LogP contribution in [0.1, 0.15) is 72.9 Å². The SMILES string of the molecule is COC(=O)NC(C(=O)NN(Cc1ccc(-c2ccccc2)cc1)CC(O)C(Cc1ccccc1)NC(=O)C1CC(NC(=O)OC(C)(C)C)C1(C)C)C(C)(C)C. The molecule has 5 unspecified atom stereocenters.